The monoisotopic (exact) mass is 610 g/mol. The summed E-state index contributed by atoms with van der Waals surface area (Å²) in [6.45, 7) is 0. The van der Waals surface area contributed by atoms with Gasteiger partial charge in [-0.3, -0.25) is 4.98 Å². The Labute approximate surface area is 276 Å². The fraction of sp³-hybridized carbons (Fsp3) is 0. The average Bonchev–Trinajstić information content (AvgIpc) is 3.16. The molecule has 6 aromatic carbocycles. The highest BCUT2D eigenvalue weighted by Crippen LogP contribution is 2.40. The van der Waals surface area contributed by atoms with Crippen molar-refractivity contribution in [3.8, 4) is 33.8 Å². The van der Waals surface area contributed by atoms with Crippen molar-refractivity contribution in [2.75, 3.05) is 0 Å². The van der Waals surface area contributed by atoms with Gasteiger partial charge in [0, 0.05) is 55.2 Å². The molecule has 4 heteroatoms. The van der Waals surface area contributed by atoms with Crippen LogP contribution in [0.3, 0.4) is 0 Å². The van der Waals surface area contributed by atoms with Crippen molar-refractivity contribution >= 4 is 65.2 Å². The molecule has 4 nitrogen and oxygen atoms in total. The zero-order valence-electron chi connectivity index (χ0n) is 25.8. The van der Waals surface area contributed by atoms with E-state index in [9.17, 15) is 0 Å². The molecule has 10 aromatic rings. The molecule has 0 aliphatic rings. The van der Waals surface area contributed by atoms with Crippen LogP contribution in [-0.4, -0.2) is 19.9 Å². The van der Waals surface area contributed by atoms with Crippen LogP contribution in [0.2, 0.25) is 0 Å². The molecule has 0 radical (unpaired) electrons. The minimum Gasteiger partial charge on any atom is -0.256 e. The first kappa shape index (κ1) is 26.7. The first-order valence-electron chi connectivity index (χ1n) is 16.1. The van der Waals surface area contributed by atoms with E-state index in [-0.39, 0.29) is 0 Å². The fourth-order valence-electron chi connectivity index (χ4n) is 7.11. The molecular formula is C44H26N4. The van der Waals surface area contributed by atoms with E-state index in [1.807, 2.05) is 30.5 Å². The minimum absolute atomic E-state index is 0.879. The number of fused-ring (bicyclic) bond motifs is 9. The molecule has 0 fully saturated rings. The summed E-state index contributed by atoms with van der Waals surface area (Å²) in [7, 11) is 0. The summed E-state index contributed by atoms with van der Waals surface area (Å²) in [5.74, 6) is 0. The lowest BCUT2D eigenvalue weighted by atomic mass is 9.94. The quantitative estimate of drug-likeness (QED) is 0.147. The zero-order chi connectivity index (χ0) is 31.6. The number of hydrogen-bond acceptors (Lipinski definition) is 4. The third-order valence-electron chi connectivity index (χ3n) is 9.46. The first-order valence-corrected chi connectivity index (χ1v) is 16.1. The molecule has 10 rings (SSSR count). The van der Waals surface area contributed by atoms with E-state index in [4.69, 9.17) is 19.9 Å². The third kappa shape index (κ3) is 4.16. The van der Waals surface area contributed by atoms with Gasteiger partial charge in [-0.1, -0.05) is 127 Å². The molecule has 0 saturated heterocycles. The van der Waals surface area contributed by atoms with Crippen LogP contribution in [0.15, 0.2) is 158 Å². The molecular weight excluding hydrogens is 585 g/mol. The molecule has 4 aromatic heterocycles. The highest BCUT2D eigenvalue weighted by molar-refractivity contribution is 6.21. The molecule has 0 atom stereocenters. The SMILES string of the molecule is c1ccc(-c2ccc3ccc4ccc(-c5ccnc(-c6c7ccc8ccccc8c7nc7c6ccc6ccccc67)c5)nc4c3n2)cc1. The summed E-state index contributed by atoms with van der Waals surface area (Å²) in [5.41, 5.74) is 9.61. The molecule has 48 heavy (non-hydrogen) atoms. The Morgan fingerprint density at radius 3 is 1.46 bits per heavy atom. The normalized spacial score (nSPS) is 11.8. The Balaban J connectivity index is 1.21. The Bertz CT molecular complexity index is 2800. The molecule has 0 bridgehead atoms. The van der Waals surface area contributed by atoms with Crippen LogP contribution in [-0.2, 0) is 0 Å². The van der Waals surface area contributed by atoms with Gasteiger partial charge < -0.3 is 0 Å². The van der Waals surface area contributed by atoms with Gasteiger partial charge >= 0.3 is 0 Å². The molecule has 0 unspecified atom stereocenters. The summed E-state index contributed by atoms with van der Waals surface area (Å²) < 4.78 is 0. The number of benzene rings is 6. The van der Waals surface area contributed by atoms with Crippen LogP contribution >= 0.6 is 0 Å². The summed E-state index contributed by atoms with van der Waals surface area (Å²) in [4.78, 5) is 20.7. The molecule has 0 N–H and O–H groups in total. The maximum absolute atomic E-state index is 5.35. The van der Waals surface area contributed by atoms with Crippen molar-refractivity contribution in [2.24, 2.45) is 0 Å². The number of rotatable bonds is 3. The molecule has 0 amide bonds. The Hall–Kier alpha value is -6.52. The minimum atomic E-state index is 0.879. The highest BCUT2D eigenvalue weighted by atomic mass is 14.8. The Kier molecular flexibility index (Phi) is 5.84. The van der Waals surface area contributed by atoms with E-state index in [0.717, 1.165) is 88.2 Å². The molecule has 0 aliphatic heterocycles. The smallest absolute Gasteiger partial charge is 0.0972 e. The molecule has 4 heterocycles. The maximum atomic E-state index is 5.35. The highest BCUT2D eigenvalue weighted by Gasteiger charge is 2.17. The van der Waals surface area contributed by atoms with E-state index in [0.29, 0.717) is 0 Å². The van der Waals surface area contributed by atoms with Gasteiger partial charge in [0.25, 0.3) is 0 Å². The van der Waals surface area contributed by atoms with Crippen LogP contribution in [0.1, 0.15) is 0 Å². The largest absolute Gasteiger partial charge is 0.256 e. The lowest BCUT2D eigenvalue weighted by molar-refractivity contribution is 1.31. The predicted molar refractivity (Wildman–Crippen MR) is 199 cm³/mol. The molecule has 222 valence electrons. The Morgan fingerprint density at radius 2 is 0.833 bits per heavy atom. The third-order valence-corrected chi connectivity index (χ3v) is 9.46. The second kappa shape index (κ2) is 10.5. The van der Waals surface area contributed by atoms with Crippen LogP contribution in [0, 0.1) is 0 Å². The number of nitrogens with zero attached hydrogens (tertiary/aromatic N) is 4. The number of aromatic nitrogens is 4. The van der Waals surface area contributed by atoms with Gasteiger partial charge in [0.15, 0.2) is 0 Å². The molecule has 0 aliphatic carbocycles. The van der Waals surface area contributed by atoms with Crippen LogP contribution < -0.4 is 0 Å². The predicted octanol–water partition coefficient (Wildman–Crippen LogP) is 11.2. The summed E-state index contributed by atoms with van der Waals surface area (Å²) in [5, 5.41) is 8.88. The fourth-order valence-corrected chi connectivity index (χ4v) is 7.11. The average molecular weight is 611 g/mol. The molecule has 0 spiro atoms. The van der Waals surface area contributed by atoms with Crippen molar-refractivity contribution in [3.63, 3.8) is 0 Å². The van der Waals surface area contributed by atoms with Crippen molar-refractivity contribution in [1.82, 2.24) is 19.9 Å². The first-order chi connectivity index (χ1) is 23.8. The van der Waals surface area contributed by atoms with Crippen molar-refractivity contribution in [3.05, 3.63) is 158 Å². The molecule has 0 saturated carbocycles. The van der Waals surface area contributed by atoms with Crippen LogP contribution in [0.4, 0.5) is 0 Å². The summed E-state index contributed by atoms with van der Waals surface area (Å²) in [6, 6.07) is 52.9. The topological polar surface area (TPSA) is 51.6 Å². The van der Waals surface area contributed by atoms with Gasteiger partial charge in [0.1, 0.15) is 0 Å². The Morgan fingerprint density at radius 1 is 0.312 bits per heavy atom. The summed E-state index contributed by atoms with van der Waals surface area (Å²) >= 11 is 0. The second-order valence-electron chi connectivity index (χ2n) is 12.3. The summed E-state index contributed by atoms with van der Waals surface area (Å²) in [6.07, 6.45) is 1.89. The van der Waals surface area contributed by atoms with Gasteiger partial charge in [-0.05, 0) is 35.0 Å². The van der Waals surface area contributed by atoms with Gasteiger partial charge in [-0.15, -0.1) is 0 Å². The lowest BCUT2D eigenvalue weighted by Crippen LogP contribution is -1.94. The van der Waals surface area contributed by atoms with Crippen LogP contribution in [0.5, 0.6) is 0 Å². The van der Waals surface area contributed by atoms with E-state index >= 15 is 0 Å². The van der Waals surface area contributed by atoms with Gasteiger partial charge in [-0.2, -0.15) is 0 Å². The standard InChI is InChI=1S/C44H26N4/c1-2-10-29(11-3-1)37-22-18-30-14-15-31-19-23-38(47-42(31)41(30)46-37)32-24-25-45-39(26-32)40-35-20-16-27-8-4-6-12-33(27)43(35)48-44-34-13-7-5-9-28(34)17-21-36(40)44/h1-26H. The lowest BCUT2D eigenvalue weighted by Gasteiger charge is -2.15. The second-order valence-corrected chi connectivity index (χ2v) is 12.3. The van der Waals surface area contributed by atoms with Crippen molar-refractivity contribution < 1.29 is 0 Å². The van der Waals surface area contributed by atoms with E-state index in [2.05, 4.69) is 127 Å². The zero-order valence-corrected chi connectivity index (χ0v) is 25.8. The van der Waals surface area contributed by atoms with Crippen LogP contribution in [0.25, 0.3) is 98.9 Å². The van der Waals surface area contributed by atoms with E-state index in [1.54, 1.807) is 0 Å². The van der Waals surface area contributed by atoms with Crippen molar-refractivity contribution in [1.29, 1.82) is 0 Å². The van der Waals surface area contributed by atoms with Gasteiger partial charge in [-0.25, -0.2) is 15.0 Å². The number of hydrogen-bond donors (Lipinski definition) is 0. The van der Waals surface area contributed by atoms with E-state index < -0.39 is 0 Å². The van der Waals surface area contributed by atoms with E-state index in [1.165, 1.54) is 10.8 Å². The maximum Gasteiger partial charge on any atom is 0.0972 e. The van der Waals surface area contributed by atoms with Gasteiger partial charge in [0.2, 0.25) is 0 Å². The number of pyridine rings is 4. The van der Waals surface area contributed by atoms with Crippen molar-refractivity contribution in [2.45, 2.75) is 0 Å². The van der Waals surface area contributed by atoms with Gasteiger partial charge in [0.05, 0.1) is 39.1 Å².